The summed E-state index contributed by atoms with van der Waals surface area (Å²) in [5, 5.41) is 12.2. The molecule has 1 aliphatic heterocycles. The van der Waals surface area contributed by atoms with Gasteiger partial charge in [0.2, 0.25) is 5.91 Å². The van der Waals surface area contributed by atoms with E-state index >= 15 is 0 Å². The number of nitrogens with one attached hydrogen (secondary N) is 1. The maximum atomic E-state index is 12.2. The van der Waals surface area contributed by atoms with Crippen LogP contribution in [0, 0.1) is 5.92 Å². The van der Waals surface area contributed by atoms with E-state index in [1.807, 2.05) is 0 Å². The third-order valence-corrected chi connectivity index (χ3v) is 4.18. The fourth-order valence-corrected chi connectivity index (χ4v) is 2.90. The molecule has 7 heteroatoms. The average molecular weight is 303 g/mol. The van der Waals surface area contributed by atoms with Crippen molar-refractivity contribution in [1.29, 1.82) is 0 Å². The van der Waals surface area contributed by atoms with Crippen LogP contribution in [-0.4, -0.2) is 52.2 Å². The minimum absolute atomic E-state index is 0.124. The molecule has 0 aromatic heterocycles. The molecule has 2 rings (SSSR count). The van der Waals surface area contributed by atoms with Crippen LogP contribution in [0.2, 0.25) is 0 Å². The Kier molecular flexibility index (Phi) is 4.36. The number of rotatable bonds is 5. The van der Waals surface area contributed by atoms with E-state index in [1.165, 1.54) is 4.42 Å². The van der Waals surface area contributed by atoms with Gasteiger partial charge in [0.15, 0.2) is 0 Å². The fourth-order valence-electron chi connectivity index (χ4n) is 2.57. The topological polar surface area (TPSA) is 78.9 Å². The molecule has 112 valence electrons. The first-order valence-corrected chi connectivity index (χ1v) is 7.00. The third-order valence-electron chi connectivity index (χ3n) is 3.81. The van der Waals surface area contributed by atoms with Crippen molar-refractivity contribution in [3.63, 3.8) is 0 Å². The van der Waals surface area contributed by atoms with E-state index in [9.17, 15) is 14.7 Å². The number of hydrogen-bond donors (Lipinski definition) is 2. The minimum Gasteiger partial charge on any atom is -0.464 e. The highest BCUT2D eigenvalue weighted by Crippen LogP contribution is 2.45. The summed E-state index contributed by atoms with van der Waals surface area (Å²) in [5.74, 6) is -0.938. The first-order chi connectivity index (χ1) is 9.44. The van der Waals surface area contributed by atoms with Crippen molar-refractivity contribution >= 4 is 23.7 Å². The number of β-amino-alcohol motifs (C(OH)–C–C–N with tert-alkyl or cyclic N) is 1. The maximum Gasteiger partial charge on any atom is 0.332 e. The van der Waals surface area contributed by atoms with Gasteiger partial charge in [-0.3, -0.25) is 4.79 Å². The molecular formula is C13H19ClN2O4. The number of aliphatic hydroxyl groups excluding tert-OH is 1. The number of carbonyl (C=O) groups excluding carboxylic acids is 2. The molecule has 20 heavy (non-hydrogen) atoms. The van der Waals surface area contributed by atoms with Crippen LogP contribution in [0.4, 0.5) is 0 Å². The lowest BCUT2D eigenvalue weighted by atomic mass is 10.1. The fraction of sp³-hybridized carbons (Fsp3) is 0.692. The summed E-state index contributed by atoms with van der Waals surface area (Å²) in [7, 11) is 0. The van der Waals surface area contributed by atoms with Crippen molar-refractivity contribution in [3.8, 4) is 0 Å². The lowest BCUT2D eigenvalue weighted by Crippen LogP contribution is -2.51. The largest absolute Gasteiger partial charge is 0.464 e. The Morgan fingerprint density at radius 3 is 2.80 bits per heavy atom. The van der Waals surface area contributed by atoms with Gasteiger partial charge in [0.05, 0.1) is 12.7 Å². The van der Waals surface area contributed by atoms with E-state index < -0.39 is 23.7 Å². The number of carbonyl (C=O) groups is 2. The molecule has 0 radical (unpaired) electrons. The zero-order chi connectivity index (χ0) is 14.9. The molecule has 4 atom stereocenters. The molecule has 1 aliphatic carbocycles. The van der Waals surface area contributed by atoms with E-state index in [0.29, 0.717) is 6.42 Å². The molecule has 0 spiro atoms. The molecule has 1 heterocycles. The van der Waals surface area contributed by atoms with Gasteiger partial charge in [-0.1, -0.05) is 6.08 Å². The quantitative estimate of drug-likeness (QED) is 0.431. The summed E-state index contributed by atoms with van der Waals surface area (Å²) in [4.78, 5) is 24.2. The van der Waals surface area contributed by atoms with Gasteiger partial charge in [-0.25, -0.2) is 9.21 Å². The standard InChI is InChI=1S/C13H19ClN2O4/c1-3-8-6-13(8,12(19)20-4-2)15-11(18)10-5-9(17)7-16(10)14/h3,8-10,17H,1,4-7H2,2H3,(H,15,18)/t8-,9+,10+,13-/m1/s1. The van der Waals surface area contributed by atoms with E-state index in [0.717, 1.165) is 0 Å². The Morgan fingerprint density at radius 1 is 1.65 bits per heavy atom. The van der Waals surface area contributed by atoms with Gasteiger partial charge in [0.25, 0.3) is 0 Å². The number of ether oxygens (including phenoxy) is 1. The first kappa shape index (κ1) is 15.3. The van der Waals surface area contributed by atoms with Crippen molar-refractivity contribution in [2.45, 2.75) is 37.5 Å². The molecule has 0 bridgehead atoms. The zero-order valence-electron chi connectivity index (χ0n) is 11.3. The van der Waals surface area contributed by atoms with Crippen LogP contribution < -0.4 is 5.32 Å². The summed E-state index contributed by atoms with van der Waals surface area (Å²) in [6, 6.07) is -0.635. The molecule has 0 aromatic carbocycles. The smallest absolute Gasteiger partial charge is 0.332 e. The molecule has 2 aliphatic rings. The van der Waals surface area contributed by atoms with Crippen molar-refractivity contribution in [3.05, 3.63) is 12.7 Å². The zero-order valence-corrected chi connectivity index (χ0v) is 12.1. The van der Waals surface area contributed by atoms with Crippen molar-refractivity contribution in [2.24, 2.45) is 5.92 Å². The van der Waals surface area contributed by atoms with Gasteiger partial charge in [0, 0.05) is 18.9 Å². The van der Waals surface area contributed by atoms with E-state index in [-0.39, 0.29) is 31.4 Å². The highest BCUT2D eigenvalue weighted by Gasteiger charge is 2.61. The summed E-state index contributed by atoms with van der Waals surface area (Å²) >= 11 is 5.90. The van der Waals surface area contributed by atoms with Gasteiger partial charge in [0.1, 0.15) is 11.6 Å². The van der Waals surface area contributed by atoms with E-state index in [4.69, 9.17) is 16.5 Å². The second-order valence-corrected chi connectivity index (χ2v) is 5.65. The normalized spacial score (nSPS) is 36.5. The summed E-state index contributed by atoms with van der Waals surface area (Å²) < 4.78 is 6.28. The number of hydrogen-bond acceptors (Lipinski definition) is 5. The molecule has 0 aromatic rings. The van der Waals surface area contributed by atoms with E-state index in [2.05, 4.69) is 11.9 Å². The van der Waals surface area contributed by atoms with Crippen LogP contribution in [0.25, 0.3) is 0 Å². The molecule has 6 nitrogen and oxygen atoms in total. The highest BCUT2D eigenvalue weighted by atomic mass is 35.5. The molecular weight excluding hydrogens is 284 g/mol. The van der Waals surface area contributed by atoms with Crippen molar-refractivity contribution < 1.29 is 19.4 Å². The number of nitrogens with zero attached hydrogens (tertiary/aromatic N) is 1. The van der Waals surface area contributed by atoms with Gasteiger partial charge < -0.3 is 15.2 Å². The number of aliphatic hydroxyl groups is 1. The molecule has 1 saturated heterocycles. The SMILES string of the molecule is C=C[C@@H]1C[C@]1(NC(=O)[C@@H]1C[C@H](O)CN1Cl)C(=O)OCC. The molecule has 2 fully saturated rings. The first-order valence-electron chi connectivity index (χ1n) is 6.67. The van der Waals surface area contributed by atoms with Gasteiger partial charge in [-0.05, 0) is 25.1 Å². The van der Waals surface area contributed by atoms with Gasteiger partial charge in [-0.15, -0.1) is 6.58 Å². The molecule has 0 unspecified atom stereocenters. The Labute approximate surface area is 122 Å². The second-order valence-electron chi connectivity index (χ2n) is 5.21. The Hall–Kier alpha value is -1.11. The second kappa shape index (κ2) is 5.71. The van der Waals surface area contributed by atoms with Crippen molar-refractivity contribution in [1.82, 2.24) is 9.74 Å². The number of esters is 1. The van der Waals surface area contributed by atoms with E-state index in [1.54, 1.807) is 13.0 Å². The van der Waals surface area contributed by atoms with Crippen LogP contribution >= 0.6 is 11.8 Å². The summed E-state index contributed by atoms with van der Waals surface area (Å²) in [6.07, 6.45) is 1.75. The van der Waals surface area contributed by atoms with Crippen LogP contribution in [0.5, 0.6) is 0 Å². The maximum absolute atomic E-state index is 12.2. The van der Waals surface area contributed by atoms with Crippen LogP contribution in [0.15, 0.2) is 12.7 Å². The summed E-state index contributed by atoms with van der Waals surface area (Å²) in [6.45, 7) is 5.86. The number of amides is 1. The average Bonchev–Trinajstić information content (AvgIpc) is 3.00. The predicted molar refractivity (Wildman–Crippen MR) is 72.8 cm³/mol. The Morgan fingerprint density at radius 2 is 2.35 bits per heavy atom. The van der Waals surface area contributed by atoms with Crippen LogP contribution in [0.3, 0.4) is 0 Å². The lowest BCUT2D eigenvalue weighted by molar-refractivity contribution is -0.149. The van der Waals surface area contributed by atoms with Gasteiger partial charge >= 0.3 is 5.97 Å². The monoisotopic (exact) mass is 302 g/mol. The number of halogens is 1. The predicted octanol–water partition coefficient (Wildman–Crippen LogP) is 0.199. The Bertz CT molecular complexity index is 431. The molecule has 1 saturated carbocycles. The Balaban J connectivity index is 2.04. The molecule has 1 amide bonds. The minimum atomic E-state index is -1.01. The van der Waals surface area contributed by atoms with Gasteiger partial charge in [-0.2, -0.15) is 0 Å². The summed E-state index contributed by atoms with van der Waals surface area (Å²) in [5.41, 5.74) is -1.01. The lowest BCUT2D eigenvalue weighted by Gasteiger charge is -2.21. The van der Waals surface area contributed by atoms with Crippen LogP contribution in [-0.2, 0) is 14.3 Å². The third kappa shape index (κ3) is 2.68. The highest BCUT2D eigenvalue weighted by molar-refractivity contribution is 6.15. The van der Waals surface area contributed by atoms with Crippen LogP contribution in [0.1, 0.15) is 19.8 Å². The van der Waals surface area contributed by atoms with Crippen molar-refractivity contribution in [2.75, 3.05) is 13.2 Å². The molecule has 2 N–H and O–H groups in total.